The predicted molar refractivity (Wildman–Crippen MR) is 268 cm³/mol. The number of hydrazine groups is 1. The first-order chi connectivity index (χ1) is 33.6. The third-order valence-corrected chi connectivity index (χ3v) is 13.8. The number of hydrogen-bond acceptors (Lipinski definition) is 12. The average molecular weight is 976 g/mol. The van der Waals surface area contributed by atoms with Crippen molar-refractivity contribution in [3.8, 4) is 28.1 Å². The van der Waals surface area contributed by atoms with Crippen LogP contribution in [0.4, 0.5) is 0 Å². The van der Waals surface area contributed by atoms with Gasteiger partial charge in [-0.05, 0) is 104 Å². The number of methoxy groups -OCH3 is 1. The Labute approximate surface area is 415 Å². The first kappa shape index (κ1) is 52.2. The summed E-state index contributed by atoms with van der Waals surface area (Å²) in [5.74, 6) is -2.82. The number of aryl methyl sites for hydroxylation is 1. The van der Waals surface area contributed by atoms with Crippen LogP contribution in [0.1, 0.15) is 70.4 Å². The second-order valence-electron chi connectivity index (χ2n) is 20.2. The summed E-state index contributed by atoms with van der Waals surface area (Å²) in [7, 11) is 7.87. The molecule has 3 N–H and O–H groups in total. The number of nitrogens with zero attached hydrogens (tertiary/aromatic N) is 7. The number of benzene rings is 2. The largest absolute Gasteiger partial charge is 0.508 e. The molecule has 6 bridgehead atoms. The molecule has 3 aliphatic heterocycles. The van der Waals surface area contributed by atoms with Gasteiger partial charge in [0.2, 0.25) is 23.6 Å². The summed E-state index contributed by atoms with van der Waals surface area (Å²) in [5, 5.41) is 16.6. The second-order valence-corrected chi connectivity index (χ2v) is 20.2. The second kappa shape index (κ2) is 21.4. The molecule has 6 atom stereocenters. The fourth-order valence-corrected chi connectivity index (χ4v) is 9.74. The molecule has 18 heteroatoms. The predicted octanol–water partition coefficient (Wildman–Crippen LogP) is 4.09. The van der Waals surface area contributed by atoms with E-state index < -0.39 is 53.3 Å². The topological polar surface area (TPSA) is 199 Å². The van der Waals surface area contributed by atoms with Crippen LogP contribution in [0.2, 0.25) is 0 Å². The number of aromatic hydroxyl groups is 1. The number of pyridine rings is 1. The van der Waals surface area contributed by atoms with Crippen LogP contribution in [-0.2, 0) is 57.6 Å². The molecule has 0 radical (unpaired) electrons. The van der Waals surface area contributed by atoms with Crippen LogP contribution in [0, 0.1) is 5.41 Å². The van der Waals surface area contributed by atoms with E-state index in [4.69, 9.17) is 14.5 Å². The van der Waals surface area contributed by atoms with Crippen LogP contribution < -0.4 is 10.7 Å². The monoisotopic (exact) mass is 976 g/mol. The summed E-state index contributed by atoms with van der Waals surface area (Å²) in [6.45, 7) is 14.9. The Hall–Kier alpha value is -6.63. The lowest BCUT2D eigenvalue weighted by atomic mass is 9.84. The first-order valence-corrected chi connectivity index (χ1v) is 24.2. The molecule has 1 unspecified atom stereocenters. The van der Waals surface area contributed by atoms with E-state index in [9.17, 15) is 33.9 Å². The summed E-state index contributed by atoms with van der Waals surface area (Å²) >= 11 is 0. The van der Waals surface area contributed by atoms with Crippen LogP contribution in [0.15, 0.2) is 66.9 Å². The number of cyclic esters (lactones) is 1. The van der Waals surface area contributed by atoms with Gasteiger partial charge in [0.1, 0.15) is 29.9 Å². The lowest BCUT2D eigenvalue weighted by Crippen LogP contribution is -2.62. The van der Waals surface area contributed by atoms with Crippen LogP contribution in [0.5, 0.6) is 5.75 Å². The van der Waals surface area contributed by atoms with Gasteiger partial charge in [-0.3, -0.25) is 43.7 Å². The van der Waals surface area contributed by atoms with Crippen molar-refractivity contribution in [1.82, 2.24) is 44.9 Å². The molecule has 3 aliphatic rings. The minimum Gasteiger partial charge on any atom is -0.508 e. The smallest absolute Gasteiger partial charge is 0.324 e. The van der Waals surface area contributed by atoms with Gasteiger partial charge in [-0.15, -0.1) is 0 Å². The van der Waals surface area contributed by atoms with Crippen LogP contribution in [-0.4, -0.2) is 167 Å². The number of carbonyl (C=O) groups is 6. The summed E-state index contributed by atoms with van der Waals surface area (Å²) in [5.41, 5.74) is 9.57. The van der Waals surface area contributed by atoms with Gasteiger partial charge >= 0.3 is 5.97 Å². The van der Waals surface area contributed by atoms with Gasteiger partial charge < -0.3 is 39.2 Å². The number of carbonyl (C=O) groups excluding carboxylic acids is 6. The van der Waals surface area contributed by atoms with E-state index in [2.05, 4.69) is 60.9 Å². The molecule has 0 saturated carbocycles. The normalized spacial score (nSPS) is 20.8. The Bertz CT molecular complexity index is 2730. The molecule has 2 aromatic heterocycles. The number of amides is 5. The van der Waals surface area contributed by atoms with Crippen LogP contribution in [0.25, 0.3) is 33.3 Å². The fourth-order valence-electron chi connectivity index (χ4n) is 9.74. The van der Waals surface area contributed by atoms with Crippen molar-refractivity contribution in [3.05, 3.63) is 83.7 Å². The number of ether oxygens (including phenoxy) is 2. The van der Waals surface area contributed by atoms with E-state index >= 15 is 0 Å². The third kappa shape index (κ3) is 11.5. The lowest BCUT2D eigenvalue weighted by molar-refractivity contribution is -0.155. The number of hydrogen-bond donors (Lipinski definition) is 3. The molecule has 2 saturated heterocycles. The minimum absolute atomic E-state index is 0.0485. The number of aromatic nitrogens is 2. The summed E-state index contributed by atoms with van der Waals surface area (Å²) in [4.78, 5) is 92.9. The molecular formula is C53H69N9O9. The Balaban J connectivity index is 1.24. The molecule has 7 rings (SSSR count). The third-order valence-electron chi connectivity index (χ3n) is 13.8. The molecular weight excluding hydrogens is 907 g/mol. The number of phenols is 1. The summed E-state index contributed by atoms with van der Waals surface area (Å²) in [6, 6.07) is 11.4. The van der Waals surface area contributed by atoms with Gasteiger partial charge in [0.15, 0.2) is 0 Å². The zero-order valence-corrected chi connectivity index (χ0v) is 42.7. The molecule has 18 nitrogen and oxygen atoms in total. The number of phenolic OH excluding ortho intramolecular Hbond substituents is 1. The molecule has 0 aliphatic carbocycles. The van der Waals surface area contributed by atoms with Gasteiger partial charge in [-0.25, -0.2) is 5.43 Å². The molecule has 5 amide bonds. The molecule has 2 aromatic carbocycles. The van der Waals surface area contributed by atoms with Crippen molar-refractivity contribution in [3.63, 3.8) is 0 Å². The Morgan fingerprint density at radius 1 is 1.06 bits per heavy atom. The van der Waals surface area contributed by atoms with Crippen molar-refractivity contribution < 1.29 is 43.3 Å². The highest BCUT2D eigenvalue weighted by molar-refractivity contribution is 5.97. The van der Waals surface area contributed by atoms with E-state index in [1.54, 1.807) is 51.4 Å². The molecule has 380 valence electrons. The minimum atomic E-state index is -1.25. The quantitative estimate of drug-likeness (QED) is 0.0988. The molecule has 0 spiro atoms. The van der Waals surface area contributed by atoms with E-state index in [1.165, 1.54) is 33.8 Å². The summed E-state index contributed by atoms with van der Waals surface area (Å²) in [6.07, 6.45) is 2.78. The maximum atomic E-state index is 14.7. The van der Waals surface area contributed by atoms with Gasteiger partial charge in [-0.2, -0.15) is 0 Å². The Morgan fingerprint density at radius 3 is 2.49 bits per heavy atom. The van der Waals surface area contributed by atoms with Gasteiger partial charge in [0.25, 0.3) is 5.91 Å². The molecule has 5 heterocycles. The van der Waals surface area contributed by atoms with E-state index in [0.717, 1.165) is 39.0 Å². The first-order valence-electron chi connectivity index (χ1n) is 24.2. The van der Waals surface area contributed by atoms with Crippen molar-refractivity contribution >= 4 is 46.4 Å². The SMILES string of the molecule is C=C(C)[C@@H](C(=O)N[C@H]1Cc2cc(O)cc(c2)-c2ccc3c(c2)c(c(-c2cccnc2[C@H](C)OC)n3CC)CC(C)(C)COC(=O)[C@@H]2CCCN(N2)C1=O)N(C)C(=O)CN(C)C(=O)[C@@H]1CN1CC(=O)N(C)C. The molecule has 2 fully saturated rings. The number of fused-ring (bicyclic) bond motifs is 6. The van der Waals surface area contributed by atoms with Crippen LogP contribution in [0.3, 0.4) is 0 Å². The zero-order chi connectivity index (χ0) is 51.6. The van der Waals surface area contributed by atoms with Gasteiger partial charge in [0.05, 0.1) is 37.2 Å². The Kier molecular flexibility index (Phi) is 15.7. The van der Waals surface area contributed by atoms with E-state index in [-0.39, 0.29) is 56.3 Å². The summed E-state index contributed by atoms with van der Waals surface area (Å²) < 4.78 is 14.2. The number of likely N-dealkylation sites (N-methyl/N-ethyl adjacent to an activating group) is 3. The molecule has 71 heavy (non-hydrogen) atoms. The number of nitrogens with one attached hydrogen (secondary N) is 2. The van der Waals surface area contributed by atoms with Crippen LogP contribution >= 0.6 is 0 Å². The maximum Gasteiger partial charge on any atom is 0.324 e. The Morgan fingerprint density at radius 2 is 1.80 bits per heavy atom. The highest BCUT2D eigenvalue weighted by atomic mass is 16.5. The van der Waals surface area contributed by atoms with Gasteiger partial charge in [-0.1, -0.05) is 32.6 Å². The van der Waals surface area contributed by atoms with Crippen molar-refractivity contribution in [2.75, 3.05) is 68.1 Å². The van der Waals surface area contributed by atoms with Crippen molar-refractivity contribution in [1.29, 1.82) is 0 Å². The highest BCUT2D eigenvalue weighted by Gasteiger charge is 2.44. The van der Waals surface area contributed by atoms with E-state index in [1.807, 2.05) is 25.1 Å². The lowest BCUT2D eigenvalue weighted by Gasteiger charge is -2.36. The van der Waals surface area contributed by atoms with E-state index in [0.29, 0.717) is 49.1 Å². The molecule has 4 aromatic rings. The standard InChI is InChI=1S/C53H69N9O9/c1-12-61-42-18-17-34-25-38(42)39(48(61)37-15-13-19-54-46(37)32(4)70-11)26-53(5,6)30-71-52(69)40-16-14-20-62(56-40)50(67)41(23-33-21-35(34)24-36(63)22-33)55-49(66)47(31(2)3)59(10)45(65)28-58(9)51(68)43-27-60(43)29-44(64)57(7)8/h13,15,17-19,21-22,24-25,32,40-41,43,47,56,63H,2,12,14,16,20,23,26-30H2,1,3-11H3,(H,55,66)/t32-,40-,41-,43-,47-,60?/m0/s1. The van der Waals surface area contributed by atoms with Crippen molar-refractivity contribution in [2.24, 2.45) is 5.41 Å². The highest BCUT2D eigenvalue weighted by Crippen LogP contribution is 2.42. The fraction of sp³-hybridized carbons (Fsp3) is 0.491. The number of esters is 1. The maximum absolute atomic E-state index is 14.7. The number of rotatable bonds is 13. The van der Waals surface area contributed by atoms with Gasteiger partial charge in [0, 0.05) is 89.4 Å². The average Bonchev–Trinajstić information content (AvgIpc) is 4.04. The van der Waals surface area contributed by atoms with Crippen molar-refractivity contribution in [2.45, 2.75) is 97.1 Å². The zero-order valence-electron chi connectivity index (χ0n) is 42.7.